The number of nitro groups is 1. The van der Waals surface area contributed by atoms with E-state index in [0.717, 1.165) is 5.69 Å². The number of nitrogens with one attached hydrogen (secondary N) is 1. The first-order valence-electron chi connectivity index (χ1n) is 6.59. The van der Waals surface area contributed by atoms with Crippen LogP contribution in [-0.4, -0.2) is 23.0 Å². The molecule has 1 amide bonds. The Morgan fingerprint density at radius 3 is 2.73 bits per heavy atom. The number of hydrogen-bond donors (Lipinski definition) is 2. The maximum absolute atomic E-state index is 12.2. The molecule has 7 nitrogen and oxygen atoms in total. The van der Waals surface area contributed by atoms with Crippen molar-refractivity contribution in [2.75, 3.05) is 11.9 Å². The Hall–Kier alpha value is -3.09. The van der Waals surface area contributed by atoms with Crippen LogP contribution in [0.4, 0.5) is 11.4 Å². The van der Waals surface area contributed by atoms with Crippen molar-refractivity contribution in [1.82, 2.24) is 5.32 Å². The van der Waals surface area contributed by atoms with Gasteiger partial charge in [-0.2, -0.15) is 0 Å². The Morgan fingerprint density at radius 1 is 1.27 bits per heavy atom. The van der Waals surface area contributed by atoms with E-state index < -0.39 is 16.8 Å². The highest BCUT2D eigenvalue weighted by Crippen LogP contribution is 2.34. The quantitative estimate of drug-likeness (QED) is 0.654. The molecule has 1 unspecified atom stereocenters. The van der Waals surface area contributed by atoms with Gasteiger partial charge in [-0.1, -0.05) is 18.2 Å². The predicted octanol–water partition coefficient (Wildman–Crippen LogP) is 2.18. The molecule has 0 saturated heterocycles. The Bertz CT molecular complexity index is 775. The lowest BCUT2D eigenvalue weighted by atomic mass is 10.0. The first-order valence-corrected chi connectivity index (χ1v) is 6.59. The lowest BCUT2D eigenvalue weighted by Crippen LogP contribution is -2.44. The van der Waals surface area contributed by atoms with Crippen LogP contribution < -0.4 is 10.2 Å². The van der Waals surface area contributed by atoms with E-state index in [1.165, 1.54) is 12.1 Å². The van der Waals surface area contributed by atoms with E-state index in [1.807, 2.05) is 17.0 Å². The van der Waals surface area contributed by atoms with Crippen LogP contribution in [0.1, 0.15) is 22.1 Å². The van der Waals surface area contributed by atoms with Gasteiger partial charge in [0, 0.05) is 18.7 Å². The molecule has 2 aromatic rings. The first-order chi connectivity index (χ1) is 10.5. The summed E-state index contributed by atoms with van der Waals surface area (Å²) in [6, 6.07) is 11.2. The Labute approximate surface area is 125 Å². The third-order valence-corrected chi connectivity index (χ3v) is 3.70. The van der Waals surface area contributed by atoms with Crippen molar-refractivity contribution in [2.24, 2.45) is 0 Å². The number of carbonyl (C=O) groups is 1. The average Bonchev–Trinajstić information content (AvgIpc) is 2.51. The maximum Gasteiger partial charge on any atom is 0.311 e. The second-order valence-corrected chi connectivity index (χ2v) is 5.01. The zero-order valence-electron chi connectivity index (χ0n) is 11.7. The summed E-state index contributed by atoms with van der Waals surface area (Å²) in [5.41, 5.74) is 1.43. The molecule has 7 heteroatoms. The van der Waals surface area contributed by atoms with Gasteiger partial charge in [-0.25, -0.2) is 0 Å². The number of nitro benzene ring substituents is 1. The maximum atomic E-state index is 12.2. The first kappa shape index (κ1) is 13.9. The average molecular weight is 299 g/mol. The highest BCUT2D eigenvalue weighted by Gasteiger charge is 2.30. The summed E-state index contributed by atoms with van der Waals surface area (Å²) in [5.74, 6) is -0.645. The smallest absolute Gasteiger partial charge is 0.311 e. The number of rotatable bonds is 2. The molecule has 2 N–H and O–H groups in total. The summed E-state index contributed by atoms with van der Waals surface area (Å²) in [6.45, 7) is 0. The normalized spacial score (nSPS) is 16.9. The molecule has 0 bridgehead atoms. The Kier molecular flexibility index (Phi) is 3.17. The van der Waals surface area contributed by atoms with Gasteiger partial charge in [0.25, 0.3) is 5.91 Å². The van der Waals surface area contributed by atoms with E-state index >= 15 is 0 Å². The lowest BCUT2D eigenvalue weighted by Gasteiger charge is -2.36. The minimum absolute atomic E-state index is 0.241. The second-order valence-electron chi connectivity index (χ2n) is 5.01. The molecule has 1 heterocycles. The van der Waals surface area contributed by atoms with Crippen LogP contribution in [-0.2, 0) is 0 Å². The molecule has 22 heavy (non-hydrogen) atoms. The molecule has 0 saturated carbocycles. The number of aromatic hydroxyl groups is 1. The lowest BCUT2D eigenvalue weighted by molar-refractivity contribution is -0.385. The largest absolute Gasteiger partial charge is 0.502 e. The number of phenolic OH excluding ortho intramolecular Hbond substituents is 1. The van der Waals surface area contributed by atoms with E-state index in [4.69, 9.17) is 0 Å². The SMILES string of the molecule is CN1c2ccccc2C(=O)NC1c1ccc(O)c([N+](=O)[O-])c1. The number of phenols is 1. The van der Waals surface area contributed by atoms with Crippen molar-refractivity contribution < 1.29 is 14.8 Å². The number of carbonyl (C=O) groups excluding carboxylic acids is 1. The fourth-order valence-electron chi connectivity index (χ4n) is 2.57. The highest BCUT2D eigenvalue weighted by molar-refractivity contribution is 6.02. The number of fused-ring (bicyclic) bond motifs is 1. The van der Waals surface area contributed by atoms with Crippen molar-refractivity contribution in [3.63, 3.8) is 0 Å². The van der Waals surface area contributed by atoms with Gasteiger partial charge in [0.2, 0.25) is 0 Å². The number of nitrogens with zero attached hydrogens (tertiary/aromatic N) is 2. The molecule has 0 aromatic heterocycles. The fourth-order valence-corrected chi connectivity index (χ4v) is 2.57. The minimum Gasteiger partial charge on any atom is -0.502 e. The van der Waals surface area contributed by atoms with Crippen molar-refractivity contribution in [3.05, 3.63) is 63.7 Å². The minimum atomic E-state index is -0.655. The van der Waals surface area contributed by atoms with Gasteiger partial charge >= 0.3 is 5.69 Å². The van der Waals surface area contributed by atoms with Gasteiger partial charge in [-0.3, -0.25) is 14.9 Å². The topological polar surface area (TPSA) is 95.7 Å². The molecule has 112 valence electrons. The van der Waals surface area contributed by atoms with Crippen molar-refractivity contribution in [3.8, 4) is 5.75 Å². The van der Waals surface area contributed by atoms with Gasteiger partial charge in [-0.05, 0) is 18.2 Å². The zero-order valence-corrected chi connectivity index (χ0v) is 11.7. The number of amides is 1. The molecule has 0 spiro atoms. The van der Waals surface area contributed by atoms with Crippen molar-refractivity contribution in [1.29, 1.82) is 0 Å². The van der Waals surface area contributed by atoms with Crippen LogP contribution in [0.25, 0.3) is 0 Å². The molecule has 1 atom stereocenters. The summed E-state index contributed by atoms with van der Waals surface area (Å²) < 4.78 is 0. The Balaban J connectivity index is 2.05. The molecule has 2 aromatic carbocycles. The molecule has 1 aliphatic rings. The molecule has 0 radical (unpaired) electrons. The van der Waals surface area contributed by atoms with E-state index in [1.54, 1.807) is 25.2 Å². The standard InChI is InChI=1S/C15H13N3O4/c1-17-11-5-3-2-4-10(11)15(20)16-14(17)9-6-7-13(19)12(8-9)18(21)22/h2-8,14,19H,1H3,(H,16,20). The third kappa shape index (κ3) is 2.12. The summed E-state index contributed by atoms with van der Waals surface area (Å²) in [4.78, 5) is 24.3. The zero-order chi connectivity index (χ0) is 15.9. The van der Waals surface area contributed by atoms with E-state index in [2.05, 4.69) is 5.32 Å². The van der Waals surface area contributed by atoms with E-state index in [-0.39, 0.29) is 11.6 Å². The molecule has 1 aliphatic heterocycles. The fraction of sp³-hybridized carbons (Fsp3) is 0.133. The molecular formula is C15H13N3O4. The van der Waals surface area contributed by atoms with Gasteiger partial charge in [0.15, 0.2) is 5.75 Å². The van der Waals surface area contributed by atoms with Crippen LogP contribution >= 0.6 is 0 Å². The van der Waals surface area contributed by atoms with Crippen molar-refractivity contribution in [2.45, 2.75) is 6.17 Å². The van der Waals surface area contributed by atoms with E-state index in [0.29, 0.717) is 11.1 Å². The predicted molar refractivity (Wildman–Crippen MR) is 79.8 cm³/mol. The highest BCUT2D eigenvalue weighted by atomic mass is 16.6. The Morgan fingerprint density at radius 2 is 2.00 bits per heavy atom. The van der Waals surface area contributed by atoms with Gasteiger partial charge in [-0.15, -0.1) is 0 Å². The van der Waals surface area contributed by atoms with E-state index in [9.17, 15) is 20.0 Å². The van der Waals surface area contributed by atoms with Crippen LogP contribution in [0.5, 0.6) is 5.75 Å². The van der Waals surface area contributed by atoms with Crippen LogP contribution in [0.2, 0.25) is 0 Å². The number of hydrogen-bond acceptors (Lipinski definition) is 5. The monoisotopic (exact) mass is 299 g/mol. The molecule has 0 fully saturated rings. The number of para-hydroxylation sites is 1. The van der Waals surface area contributed by atoms with Gasteiger partial charge < -0.3 is 15.3 Å². The van der Waals surface area contributed by atoms with Crippen LogP contribution in [0.3, 0.4) is 0 Å². The van der Waals surface area contributed by atoms with Gasteiger partial charge in [0.1, 0.15) is 6.17 Å². The summed E-state index contributed by atoms with van der Waals surface area (Å²) in [7, 11) is 1.79. The molecular weight excluding hydrogens is 286 g/mol. The second kappa shape index (κ2) is 5.03. The third-order valence-electron chi connectivity index (χ3n) is 3.70. The molecule has 3 rings (SSSR count). The summed E-state index contributed by atoms with van der Waals surface area (Å²) >= 11 is 0. The molecule has 0 aliphatic carbocycles. The summed E-state index contributed by atoms with van der Waals surface area (Å²) in [5, 5.41) is 23.3. The van der Waals surface area contributed by atoms with Crippen molar-refractivity contribution >= 4 is 17.3 Å². The van der Waals surface area contributed by atoms with Crippen LogP contribution in [0, 0.1) is 10.1 Å². The number of benzene rings is 2. The number of anilines is 1. The van der Waals surface area contributed by atoms with Gasteiger partial charge in [0.05, 0.1) is 16.2 Å². The van der Waals surface area contributed by atoms with Crippen LogP contribution in [0.15, 0.2) is 42.5 Å². The summed E-state index contributed by atoms with van der Waals surface area (Å²) in [6.07, 6.45) is -0.540.